The van der Waals surface area contributed by atoms with Gasteiger partial charge in [0.1, 0.15) is 6.61 Å². The van der Waals surface area contributed by atoms with E-state index in [1.807, 2.05) is 37.3 Å². The lowest BCUT2D eigenvalue weighted by Gasteiger charge is -2.16. The fraction of sp³-hybridized carbons (Fsp3) is 0.588. The van der Waals surface area contributed by atoms with Crippen LogP contribution in [0.5, 0.6) is 0 Å². The van der Waals surface area contributed by atoms with E-state index in [0.29, 0.717) is 19.1 Å². The lowest BCUT2D eigenvalue weighted by Crippen LogP contribution is -2.25. The van der Waals surface area contributed by atoms with Gasteiger partial charge in [-0.25, -0.2) is 4.79 Å². The van der Waals surface area contributed by atoms with E-state index in [1.54, 1.807) is 6.92 Å². The summed E-state index contributed by atoms with van der Waals surface area (Å²) in [7, 11) is -2.11. The molecule has 3 atom stereocenters. The molecule has 24 heavy (non-hydrogen) atoms. The average Bonchev–Trinajstić information content (AvgIpc) is 2.57. The maximum absolute atomic E-state index is 11.6. The van der Waals surface area contributed by atoms with E-state index in [2.05, 4.69) is 5.32 Å². The van der Waals surface area contributed by atoms with Gasteiger partial charge in [0.15, 0.2) is 14.3 Å². The highest BCUT2D eigenvalue weighted by atomic mass is 31.1. The quantitative estimate of drug-likeness (QED) is 0.359. The second kappa shape index (κ2) is 12.1. The second-order valence-electron chi connectivity index (χ2n) is 5.77. The van der Waals surface area contributed by atoms with Gasteiger partial charge in [-0.1, -0.05) is 44.2 Å². The van der Waals surface area contributed by atoms with Crippen LogP contribution in [-0.2, 0) is 20.4 Å². The van der Waals surface area contributed by atoms with Crippen molar-refractivity contribution in [2.24, 2.45) is 5.92 Å². The Morgan fingerprint density at radius 3 is 2.71 bits per heavy atom. The zero-order valence-corrected chi connectivity index (χ0v) is 15.4. The highest BCUT2D eigenvalue weighted by Crippen LogP contribution is 2.25. The van der Waals surface area contributed by atoms with Crippen LogP contribution in [0.3, 0.4) is 0 Å². The van der Waals surface area contributed by atoms with Crippen LogP contribution >= 0.6 is 8.03 Å². The van der Waals surface area contributed by atoms with E-state index in [-0.39, 0.29) is 12.5 Å². The first kappa shape index (κ1) is 20.7. The molecule has 0 heterocycles. The van der Waals surface area contributed by atoms with Gasteiger partial charge < -0.3 is 19.7 Å². The Kier molecular flexibility index (Phi) is 10.4. The van der Waals surface area contributed by atoms with Crippen LogP contribution in [0.2, 0.25) is 0 Å². The molecule has 0 saturated heterocycles. The predicted octanol–water partition coefficient (Wildman–Crippen LogP) is 3.55. The highest BCUT2D eigenvalue weighted by molar-refractivity contribution is 7.39. The van der Waals surface area contributed by atoms with Crippen LogP contribution in [0.1, 0.15) is 38.7 Å². The first-order valence-corrected chi connectivity index (χ1v) is 9.85. The van der Waals surface area contributed by atoms with Crippen molar-refractivity contribution < 1.29 is 23.7 Å². The van der Waals surface area contributed by atoms with Gasteiger partial charge in [0.2, 0.25) is 0 Å². The Balaban J connectivity index is 2.07. The summed E-state index contributed by atoms with van der Waals surface area (Å²) in [6.07, 6.45) is 1.07. The number of benzene rings is 1. The Hall–Kier alpha value is -1.36. The molecule has 0 saturated carbocycles. The maximum Gasteiger partial charge on any atom is 0.407 e. The third-order valence-corrected chi connectivity index (χ3v) is 4.63. The average molecular weight is 357 g/mol. The number of alkyl carbamates (subject to hydrolysis) is 1. The molecule has 0 bridgehead atoms. The molecule has 0 aliphatic carbocycles. The minimum atomic E-state index is -2.11. The van der Waals surface area contributed by atoms with Crippen LogP contribution in [0.15, 0.2) is 30.3 Å². The molecule has 1 aromatic rings. The Bertz CT molecular complexity index is 497. The Morgan fingerprint density at radius 2 is 2.04 bits per heavy atom. The molecule has 136 valence electrons. The van der Waals surface area contributed by atoms with Crippen molar-refractivity contribution in [3.8, 4) is 0 Å². The molecule has 1 amide bonds. The van der Waals surface area contributed by atoms with Gasteiger partial charge in [-0.05, 0) is 24.3 Å². The van der Waals surface area contributed by atoms with Crippen molar-refractivity contribution in [1.82, 2.24) is 5.32 Å². The molecule has 1 aromatic carbocycles. The fourth-order valence-electron chi connectivity index (χ4n) is 2.16. The summed E-state index contributed by atoms with van der Waals surface area (Å²) in [5, 5.41) is 12.4. The van der Waals surface area contributed by atoms with E-state index in [1.165, 1.54) is 0 Å². The standard InChI is InChI=1S/C17H28NO5P/c1-3-24(21)23-16(19)12-14(2)8-7-11-18-17(20)22-13-15-9-5-4-6-10-15/h4-6,9-10,14,16,19,24H,3,7-8,11-13H2,1-2H3,(H,18,20). The third kappa shape index (κ3) is 9.71. The largest absolute Gasteiger partial charge is 0.445 e. The van der Waals surface area contributed by atoms with E-state index < -0.39 is 20.4 Å². The maximum atomic E-state index is 11.6. The number of carbonyl (C=O) groups excluding carboxylic acids is 1. The van der Waals surface area contributed by atoms with E-state index >= 15 is 0 Å². The van der Waals surface area contributed by atoms with E-state index in [4.69, 9.17) is 9.26 Å². The van der Waals surface area contributed by atoms with Gasteiger partial charge in [-0.3, -0.25) is 4.57 Å². The van der Waals surface area contributed by atoms with Crippen molar-refractivity contribution >= 4 is 14.1 Å². The predicted molar refractivity (Wildman–Crippen MR) is 94.3 cm³/mol. The molecule has 0 spiro atoms. The molecule has 1 rings (SSSR count). The second-order valence-corrected chi connectivity index (χ2v) is 7.46. The number of amides is 1. The van der Waals surface area contributed by atoms with Gasteiger partial charge >= 0.3 is 6.09 Å². The first-order chi connectivity index (χ1) is 11.5. The zero-order valence-electron chi connectivity index (χ0n) is 14.4. The number of nitrogens with one attached hydrogen (secondary N) is 1. The summed E-state index contributed by atoms with van der Waals surface area (Å²) in [6, 6.07) is 9.50. The van der Waals surface area contributed by atoms with E-state index in [9.17, 15) is 14.5 Å². The van der Waals surface area contributed by atoms with Crippen LogP contribution in [0.4, 0.5) is 4.79 Å². The van der Waals surface area contributed by atoms with Gasteiger partial charge in [0.25, 0.3) is 0 Å². The first-order valence-electron chi connectivity index (χ1n) is 8.33. The monoisotopic (exact) mass is 357 g/mol. The highest BCUT2D eigenvalue weighted by Gasteiger charge is 2.13. The minimum Gasteiger partial charge on any atom is -0.445 e. The van der Waals surface area contributed by atoms with E-state index in [0.717, 1.165) is 18.4 Å². The molecular weight excluding hydrogens is 329 g/mol. The van der Waals surface area contributed by atoms with Crippen LogP contribution in [0.25, 0.3) is 0 Å². The van der Waals surface area contributed by atoms with Crippen molar-refractivity contribution in [3.63, 3.8) is 0 Å². The third-order valence-electron chi connectivity index (χ3n) is 3.52. The molecule has 0 radical (unpaired) electrons. The van der Waals surface area contributed by atoms with Gasteiger partial charge in [-0.2, -0.15) is 0 Å². The summed E-state index contributed by atoms with van der Waals surface area (Å²) in [6.45, 7) is 4.52. The van der Waals surface area contributed by atoms with Gasteiger partial charge in [0, 0.05) is 19.1 Å². The summed E-state index contributed by atoms with van der Waals surface area (Å²) in [5.41, 5.74) is 0.946. The molecule has 2 N–H and O–H groups in total. The molecule has 6 nitrogen and oxygen atoms in total. The van der Waals surface area contributed by atoms with Crippen molar-refractivity contribution in [2.45, 2.75) is 46.0 Å². The smallest absolute Gasteiger partial charge is 0.407 e. The minimum absolute atomic E-state index is 0.216. The van der Waals surface area contributed by atoms with Crippen molar-refractivity contribution in [1.29, 1.82) is 0 Å². The van der Waals surface area contributed by atoms with Gasteiger partial charge in [-0.15, -0.1) is 0 Å². The molecule has 0 aromatic heterocycles. The summed E-state index contributed by atoms with van der Waals surface area (Å²) in [5.74, 6) is 0.216. The molecule has 0 fully saturated rings. The normalized spacial score (nSPS) is 14.6. The fourth-order valence-corrected chi connectivity index (χ4v) is 2.73. The summed E-state index contributed by atoms with van der Waals surface area (Å²) < 4.78 is 21.4. The van der Waals surface area contributed by atoms with Crippen LogP contribution < -0.4 is 5.32 Å². The molecule has 3 unspecified atom stereocenters. The molecule has 0 aliphatic rings. The SMILES string of the molecule is CC[PH](=O)OC(O)CC(C)CCCNC(=O)OCc1ccccc1. The molecule has 0 aliphatic heterocycles. The summed E-state index contributed by atoms with van der Waals surface area (Å²) in [4.78, 5) is 11.6. The molecular formula is C17H28NO5P. The molecule has 7 heteroatoms. The number of rotatable bonds is 11. The lowest BCUT2D eigenvalue weighted by atomic mass is 10.0. The number of hydrogen-bond acceptors (Lipinski definition) is 5. The number of ether oxygens (including phenoxy) is 1. The zero-order chi connectivity index (χ0) is 17.8. The number of aliphatic hydroxyl groups excluding tert-OH is 1. The van der Waals surface area contributed by atoms with Gasteiger partial charge in [0.05, 0.1) is 0 Å². The topological polar surface area (TPSA) is 84.9 Å². The number of hydrogen-bond donors (Lipinski definition) is 2. The van der Waals surface area contributed by atoms with Crippen LogP contribution in [-0.4, -0.2) is 30.2 Å². The Morgan fingerprint density at radius 1 is 1.33 bits per heavy atom. The van der Waals surface area contributed by atoms with Crippen LogP contribution in [0, 0.1) is 5.92 Å². The summed E-state index contributed by atoms with van der Waals surface area (Å²) >= 11 is 0. The lowest BCUT2D eigenvalue weighted by molar-refractivity contribution is -0.0277. The Labute approximate surface area is 144 Å². The van der Waals surface area contributed by atoms with Crippen molar-refractivity contribution in [3.05, 3.63) is 35.9 Å². The number of aliphatic hydroxyl groups is 1. The van der Waals surface area contributed by atoms with Crippen molar-refractivity contribution in [2.75, 3.05) is 12.7 Å². The number of carbonyl (C=O) groups is 1.